The van der Waals surface area contributed by atoms with Crippen molar-refractivity contribution in [3.63, 3.8) is 0 Å². The molecule has 0 unspecified atom stereocenters. The lowest BCUT2D eigenvalue weighted by molar-refractivity contribution is -0.117. The van der Waals surface area contributed by atoms with Gasteiger partial charge in [-0.05, 0) is 55.3 Å². The highest BCUT2D eigenvalue weighted by Gasteiger charge is 2.29. The van der Waals surface area contributed by atoms with Gasteiger partial charge in [0.05, 0.1) is 12.5 Å². The molecule has 1 aliphatic rings. The van der Waals surface area contributed by atoms with Crippen LogP contribution in [0.15, 0.2) is 57.7 Å². The molecule has 1 amide bonds. The summed E-state index contributed by atoms with van der Waals surface area (Å²) in [6.07, 6.45) is 1.87. The Morgan fingerprint density at radius 3 is 2.56 bits per heavy atom. The van der Waals surface area contributed by atoms with Crippen LogP contribution in [0.3, 0.4) is 0 Å². The summed E-state index contributed by atoms with van der Waals surface area (Å²) < 4.78 is 11.0. The average Bonchev–Trinajstić information content (AvgIpc) is 3.47. The molecule has 0 atom stereocenters. The molecule has 1 N–H and O–H groups in total. The summed E-state index contributed by atoms with van der Waals surface area (Å²) in [6.45, 7) is 0. The number of fused-ring (bicyclic) bond motifs is 1. The second kappa shape index (κ2) is 6.09. The molecule has 0 bridgehead atoms. The summed E-state index contributed by atoms with van der Waals surface area (Å²) in [6, 6.07) is 13.9. The van der Waals surface area contributed by atoms with Crippen molar-refractivity contribution in [3.05, 3.63) is 58.8 Å². The van der Waals surface area contributed by atoms with Crippen molar-refractivity contribution in [2.45, 2.75) is 12.8 Å². The molecule has 1 aliphatic carbocycles. The zero-order valence-electron chi connectivity index (χ0n) is 13.7. The van der Waals surface area contributed by atoms with Gasteiger partial charge >= 0.3 is 0 Å². The van der Waals surface area contributed by atoms with Crippen LogP contribution < -0.4 is 15.5 Å². The van der Waals surface area contributed by atoms with Crippen LogP contribution in [0, 0.1) is 5.92 Å². The fourth-order valence-electron chi connectivity index (χ4n) is 2.72. The van der Waals surface area contributed by atoms with Gasteiger partial charge in [-0.15, -0.1) is 0 Å². The Balaban J connectivity index is 1.69. The van der Waals surface area contributed by atoms with Gasteiger partial charge in [0.2, 0.25) is 5.91 Å². The Kier molecular flexibility index (Phi) is 3.76. The van der Waals surface area contributed by atoms with Crippen molar-refractivity contribution in [3.8, 4) is 17.1 Å². The van der Waals surface area contributed by atoms with E-state index in [4.69, 9.17) is 9.15 Å². The smallest absolute Gasteiger partial charge is 0.227 e. The van der Waals surface area contributed by atoms with E-state index in [-0.39, 0.29) is 17.3 Å². The van der Waals surface area contributed by atoms with Crippen molar-refractivity contribution in [2.75, 3.05) is 12.4 Å². The van der Waals surface area contributed by atoms with E-state index in [0.29, 0.717) is 22.4 Å². The van der Waals surface area contributed by atoms with Crippen molar-refractivity contribution >= 4 is 22.6 Å². The molecule has 0 radical (unpaired) electrons. The van der Waals surface area contributed by atoms with Gasteiger partial charge in [-0.25, -0.2) is 0 Å². The van der Waals surface area contributed by atoms with E-state index in [2.05, 4.69) is 5.32 Å². The van der Waals surface area contributed by atoms with Gasteiger partial charge in [0.15, 0.2) is 5.43 Å². The third-order valence-corrected chi connectivity index (χ3v) is 4.32. The first-order chi connectivity index (χ1) is 12.1. The van der Waals surface area contributed by atoms with Gasteiger partial charge in [-0.3, -0.25) is 9.59 Å². The maximum atomic E-state index is 12.5. The molecule has 1 saturated carbocycles. The SMILES string of the molecule is COc1ccc(-c2cc(=O)c3cc(NC(=O)C4CC4)ccc3o2)cc1. The highest BCUT2D eigenvalue weighted by molar-refractivity contribution is 5.96. The molecule has 0 aliphatic heterocycles. The largest absolute Gasteiger partial charge is 0.497 e. The number of hydrogen-bond acceptors (Lipinski definition) is 4. The first-order valence-corrected chi connectivity index (χ1v) is 8.17. The predicted octanol–water partition coefficient (Wildman–Crippen LogP) is 3.82. The lowest BCUT2D eigenvalue weighted by Crippen LogP contribution is -2.13. The zero-order valence-corrected chi connectivity index (χ0v) is 13.7. The second-order valence-electron chi connectivity index (χ2n) is 6.18. The molecule has 0 saturated heterocycles. The number of nitrogens with one attached hydrogen (secondary N) is 1. The monoisotopic (exact) mass is 335 g/mol. The number of carbonyl (C=O) groups is 1. The molecule has 25 heavy (non-hydrogen) atoms. The summed E-state index contributed by atoms with van der Waals surface area (Å²) in [5.74, 6) is 1.36. The first kappa shape index (κ1) is 15.4. The molecular formula is C20H17NO4. The van der Waals surface area contributed by atoms with Crippen LogP contribution >= 0.6 is 0 Å². The standard InChI is InChI=1S/C20H17NO4/c1-24-15-7-4-12(5-8-15)19-11-17(22)16-10-14(6-9-18(16)25-19)21-20(23)13-2-3-13/h4-11,13H,2-3H2,1H3,(H,21,23). The number of methoxy groups -OCH3 is 1. The minimum absolute atomic E-state index is 0.0126. The summed E-state index contributed by atoms with van der Waals surface area (Å²) in [5.41, 5.74) is 1.76. The van der Waals surface area contributed by atoms with Crippen LogP contribution in [0.5, 0.6) is 5.75 Å². The lowest BCUT2D eigenvalue weighted by Gasteiger charge is -2.07. The van der Waals surface area contributed by atoms with Gasteiger partial charge in [-0.2, -0.15) is 0 Å². The minimum atomic E-state index is -0.144. The van der Waals surface area contributed by atoms with Crippen molar-refractivity contribution in [2.24, 2.45) is 5.92 Å². The van der Waals surface area contributed by atoms with Crippen molar-refractivity contribution in [1.82, 2.24) is 0 Å². The molecule has 126 valence electrons. The van der Waals surface area contributed by atoms with Gasteiger partial charge in [0, 0.05) is 23.2 Å². The molecule has 1 aromatic heterocycles. The highest BCUT2D eigenvalue weighted by Crippen LogP contribution is 2.31. The lowest BCUT2D eigenvalue weighted by atomic mass is 10.1. The number of anilines is 1. The Labute approximate surface area is 144 Å². The van der Waals surface area contributed by atoms with E-state index in [1.807, 2.05) is 24.3 Å². The maximum Gasteiger partial charge on any atom is 0.227 e. The molecule has 2 aromatic carbocycles. The number of rotatable bonds is 4. The molecule has 1 fully saturated rings. The summed E-state index contributed by atoms with van der Waals surface area (Å²) in [4.78, 5) is 24.3. The van der Waals surface area contributed by atoms with E-state index in [1.165, 1.54) is 6.07 Å². The number of hydrogen-bond donors (Lipinski definition) is 1. The number of amides is 1. The summed E-state index contributed by atoms with van der Waals surface area (Å²) in [7, 11) is 1.60. The Morgan fingerprint density at radius 2 is 1.88 bits per heavy atom. The van der Waals surface area contributed by atoms with Crippen LogP contribution in [-0.4, -0.2) is 13.0 Å². The minimum Gasteiger partial charge on any atom is -0.497 e. The molecule has 4 rings (SSSR count). The van der Waals surface area contributed by atoms with E-state index in [0.717, 1.165) is 24.2 Å². The van der Waals surface area contributed by atoms with Gasteiger partial charge in [0.1, 0.15) is 17.1 Å². The van der Waals surface area contributed by atoms with Crippen LogP contribution in [-0.2, 0) is 4.79 Å². The normalized spacial score (nSPS) is 13.6. The molecule has 1 heterocycles. The van der Waals surface area contributed by atoms with Crippen LogP contribution in [0.1, 0.15) is 12.8 Å². The van der Waals surface area contributed by atoms with Gasteiger partial charge in [0.25, 0.3) is 0 Å². The quantitative estimate of drug-likeness (QED) is 0.787. The molecule has 5 heteroatoms. The fraction of sp³-hybridized carbons (Fsp3) is 0.200. The van der Waals surface area contributed by atoms with Crippen molar-refractivity contribution in [1.29, 1.82) is 0 Å². The van der Waals surface area contributed by atoms with Crippen LogP contribution in [0.2, 0.25) is 0 Å². The predicted molar refractivity (Wildman–Crippen MR) is 95.8 cm³/mol. The Hall–Kier alpha value is -3.08. The second-order valence-corrected chi connectivity index (χ2v) is 6.18. The van der Waals surface area contributed by atoms with E-state index in [1.54, 1.807) is 25.3 Å². The number of ether oxygens (including phenoxy) is 1. The highest BCUT2D eigenvalue weighted by atomic mass is 16.5. The van der Waals surface area contributed by atoms with Crippen LogP contribution in [0.4, 0.5) is 5.69 Å². The van der Waals surface area contributed by atoms with E-state index >= 15 is 0 Å². The Morgan fingerprint density at radius 1 is 1.12 bits per heavy atom. The van der Waals surface area contributed by atoms with Crippen molar-refractivity contribution < 1.29 is 13.9 Å². The van der Waals surface area contributed by atoms with E-state index < -0.39 is 0 Å². The van der Waals surface area contributed by atoms with E-state index in [9.17, 15) is 9.59 Å². The molecular weight excluding hydrogens is 318 g/mol. The number of carbonyl (C=O) groups excluding carboxylic acids is 1. The molecule has 3 aromatic rings. The van der Waals surface area contributed by atoms with Gasteiger partial charge in [-0.1, -0.05) is 0 Å². The molecule has 5 nitrogen and oxygen atoms in total. The fourth-order valence-corrected chi connectivity index (χ4v) is 2.72. The third-order valence-electron chi connectivity index (χ3n) is 4.32. The average molecular weight is 335 g/mol. The van der Waals surface area contributed by atoms with Gasteiger partial charge < -0.3 is 14.5 Å². The summed E-state index contributed by atoms with van der Waals surface area (Å²) >= 11 is 0. The van der Waals surface area contributed by atoms with Crippen LogP contribution in [0.25, 0.3) is 22.3 Å². The molecule has 0 spiro atoms. The Bertz CT molecular complexity index is 1000. The maximum absolute atomic E-state index is 12.5. The number of benzene rings is 2. The topological polar surface area (TPSA) is 68.5 Å². The third kappa shape index (κ3) is 3.13. The first-order valence-electron chi connectivity index (χ1n) is 8.17. The zero-order chi connectivity index (χ0) is 17.4. The summed E-state index contributed by atoms with van der Waals surface area (Å²) in [5, 5.41) is 3.30.